The molecular weight excluding hydrogens is 451 g/mol. The molecule has 1 aliphatic rings. The number of aromatic nitrogens is 4. The van der Waals surface area contributed by atoms with Crippen molar-refractivity contribution < 1.29 is 27.5 Å². The second-order valence-electron chi connectivity index (χ2n) is 7.58. The first-order chi connectivity index (χ1) is 16.4. The summed E-state index contributed by atoms with van der Waals surface area (Å²) in [6.45, 7) is 0.104. The molecule has 0 radical (unpaired) electrons. The number of fused-ring (bicyclic) bond motifs is 1. The smallest absolute Gasteiger partial charge is 0.314 e. The molecule has 0 saturated heterocycles. The Kier molecular flexibility index (Phi) is 5.54. The Morgan fingerprint density at radius 2 is 1.85 bits per heavy atom. The summed E-state index contributed by atoms with van der Waals surface area (Å²) in [6.07, 6.45) is -2.71. The molecule has 4 aromatic rings. The van der Waals surface area contributed by atoms with Gasteiger partial charge in [-0.1, -0.05) is 18.2 Å². The van der Waals surface area contributed by atoms with Gasteiger partial charge in [0.15, 0.2) is 0 Å². The number of carbonyl (C=O) groups is 1. The van der Waals surface area contributed by atoms with Gasteiger partial charge in [0, 0.05) is 23.9 Å². The van der Waals surface area contributed by atoms with Gasteiger partial charge in [-0.05, 0) is 42.0 Å². The first-order valence-corrected chi connectivity index (χ1v) is 10.2. The Hall–Kier alpha value is -4.12. The van der Waals surface area contributed by atoms with Crippen molar-refractivity contribution in [2.75, 3.05) is 0 Å². The maximum atomic E-state index is 14.0. The fourth-order valence-corrected chi connectivity index (χ4v) is 3.91. The highest BCUT2D eigenvalue weighted by Gasteiger charge is 2.39. The lowest BCUT2D eigenvalue weighted by Crippen LogP contribution is -2.34. The molecule has 0 bridgehead atoms. The van der Waals surface area contributed by atoms with E-state index in [2.05, 4.69) is 20.2 Å². The quantitative estimate of drug-likeness (QED) is 0.427. The summed E-state index contributed by atoms with van der Waals surface area (Å²) in [5.41, 5.74) is 1.62. The van der Waals surface area contributed by atoms with Crippen LogP contribution in [0.3, 0.4) is 0 Å². The standard InChI is InChI=1S/C23H16F3N5O3/c24-17-6-3-5-15(28-17)18(19(32)16-4-1-2-9-27-16)31-11-13-8-7-12(10-14(13)23(31)33)21-29-30-22(34-21)20(25)26/h1-10,18-20,32H,11H2. The lowest BCUT2D eigenvalue weighted by molar-refractivity contribution is 0.0329. The minimum atomic E-state index is -2.92. The molecule has 1 aromatic carbocycles. The molecule has 0 aliphatic carbocycles. The Morgan fingerprint density at radius 1 is 1.03 bits per heavy atom. The molecule has 1 amide bonds. The van der Waals surface area contributed by atoms with Crippen LogP contribution in [0.1, 0.15) is 51.8 Å². The number of hydrogen-bond acceptors (Lipinski definition) is 7. The molecule has 2 atom stereocenters. The Morgan fingerprint density at radius 3 is 2.56 bits per heavy atom. The van der Waals surface area contributed by atoms with Crippen LogP contribution in [0, 0.1) is 5.95 Å². The van der Waals surface area contributed by atoms with Gasteiger partial charge in [0.25, 0.3) is 11.8 Å². The van der Waals surface area contributed by atoms with Crippen LogP contribution in [0.4, 0.5) is 13.2 Å². The van der Waals surface area contributed by atoms with Gasteiger partial charge in [-0.25, -0.2) is 4.98 Å². The molecule has 8 nitrogen and oxygen atoms in total. The van der Waals surface area contributed by atoms with Crippen LogP contribution in [0.25, 0.3) is 11.5 Å². The van der Waals surface area contributed by atoms with Gasteiger partial charge in [-0.3, -0.25) is 9.78 Å². The fourth-order valence-electron chi connectivity index (χ4n) is 3.91. The van der Waals surface area contributed by atoms with Gasteiger partial charge in [-0.15, -0.1) is 10.2 Å². The van der Waals surface area contributed by atoms with Crippen LogP contribution < -0.4 is 0 Å². The largest absolute Gasteiger partial charge is 0.415 e. The van der Waals surface area contributed by atoms with Crippen molar-refractivity contribution in [1.29, 1.82) is 0 Å². The third kappa shape index (κ3) is 3.90. The van der Waals surface area contributed by atoms with E-state index in [0.29, 0.717) is 11.1 Å². The Bertz CT molecular complexity index is 1350. The molecule has 1 aliphatic heterocycles. The second-order valence-corrected chi connectivity index (χ2v) is 7.58. The number of aliphatic hydroxyl groups is 1. The second kappa shape index (κ2) is 8.67. The average molecular weight is 467 g/mol. The minimum Gasteiger partial charge on any atom is -0.415 e. The highest BCUT2D eigenvalue weighted by molar-refractivity contribution is 5.99. The number of halogens is 3. The number of rotatable bonds is 6. The van der Waals surface area contributed by atoms with Crippen molar-refractivity contribution >= 4 is 5.91 Å². The van der Waals surface area contributed by atoms with Gasteiger partial charge in [0.2, 0.25) is 11.8 Å². The number of alkyl halides is 2. The highest BCUT2D eigenvalue weighted by atomic mass is 19.3. The number of pyridine rings is 2. The lowest BCUT2D eigenvalue weighted by Gasteiger charge is -2.31. The first kappa shape index (κ1) is 21.7. The number of aliphatic hydroxyl groups excluding tert-OH is 1. The summed E-state index contributed by atoms with van der Waals surface area (Å²) in [5, 5.41) is 18.1. The molecule has 34 heavy (non-hydrogen) atoms. The van der Waals surface area contributed by atoms with Crippen LogP contribution in [-0.4, -0.2) is 36.1 Å². The lowest BCUT2D eigenvalue weighted by atomic mass is 10.0. The van der Waals surface area contributed by atoms with Gasteiger partial charge in [0.1, 0.15) is 12.1 Å². The predicted molar refractivity (Wildman–Crippen MR) is 111 cm³/mol. The molecule has 3 aromatic heterocycles. The van der Waals surface area contributed by atoms with Gasteiger partial charge in [-0.2, -0.15) is 13.2 Å². The summed E-state index contributed by atoms with van der Waals surface area (Å²) in [5.74, 6) is -2.19. The van der Waals surface area contributed by atoms with Gasteiger partial charge in [0.05, 0.1) is 11.4 Å². The zero-order valence-electron chi connectivity index (χ0n) is 17.3. The molecular formula is C23H16F3N5O3. The van der Waals surface area contributed by atoms with E-state index in [-0.39, 0.29) is 29.4 Å². The fraction of sp³-hybridized carbons (Fsp3) is 0.174. The molecule has 11 heteroatoms. The monoisotopic (exact) mass is 467 g/mol. The van der Waals surface area contributed by atoms with Crippen LogP contribution in [0.5, 0.6) is 0 Å². The van der Waals surface area contributed by atoms with Crippen LogP contribution in [-0.2, 0) is 6.54 Å². The average Bonchev–Trinajstić information content (AvgIpc) is 3.46. The Balaban J connectivity index is 1.52. The van der Waals surface area contributed by atoms with E-state index in [1.54, 1.807) is 30.3 Å². The molecule has 0 spiro atoms. The topological polar surface area (TPSA) is 105 Å². The maximum absolute atomic E-state index is 14.0. The number of nitrogens with zero attached hydrogens (tertiary/aromatic N) is 5. The number of benzene rings is 1. The van der Waals surface area contributed by atoms with E-state index in [9.17, 15) is 23.1 Å². The summed E-state index contributed by atoms with van der Waals surface area (Å²) < 4.78 is 44.5. The van der Waals surface area contributed by atoms with E-state index in [1.807, 2.05) is 0 Å². The van der Waals surface area contributed by atoms with E-state index >= 15 is 0 Å². The third-order valence-electron chi connectivity index (χ3n) is 5.48. The van der Waals surface area contributed by atoms with Crippen molar-refractivity contribution in [2.45, 2.75) is 25.1 Å². The molecule has 0 fully saturated rings. The van der Waals surface area contributed by atoms with Gasteiger partial charge >= 0.3 is 6.43 Å². The summed E-state index contributed by atoms with van der Waals surface area (Å²) in [4.78, 5) is 22.8. The minimum absolute atomic E-state index is 0.104. The number of amides is 1. The van der Waals surface area contributed by atoms with Crippen molar-refractivity contribution in [3.8, 4) is 11.5 Å². The van der Waals surface area contributed by atoms with Crippen LogP contribution in [0.15, 0.2) is 65.2 Å². The SMILES string of the molecule is O=C1c2cc(-c3nnc(C(F)F)o3)ccc2CN1C(c1cccc(F)n1)C(O)c1ccccn1. The van der Waals surface area contributed by atoms with Crippen molar-refractivity contribution in [3.05, 3.63) is 95.1 Å². The van der Waals surface area contributed by atoms with Crippen LogP contribution >= 0.6 is 0 Å². The molecule has 4 heterocycles. The molecule has 1 N–H and O–H groups in total. The molecule has 172 valence electrons. The van der Waals surface area contributed by atoms with Gasteiger partial charge < -0.3 is 14.4 Å². The first-order valence-electron chi connectivity index (χ1n) is 10.2. The van der Waals surface area contributed by atoms with E-state index in [0.717, 1.165) is 0 Å². The zero-order chi connectivity index (χ0) is 23.8. The normalized spacial score (nSPS) is 15.0. The maximum Gasteiger partial charge on any atom is 0.314 e. The van der Waals surface area contributed by atoms with Crippen LogP contribution in [0.2, 0.25) is 0 Å². The molecule has 5 rings (SSSR count). The third-order valence-corrected chi connectivity index (χ3v) is 5.48. The Labute approximate surface area is 190 Å². The van der Waals surface area contributed by atoms with Crippen molar-refractivity contribution in [3.63, 3.8) is 0 Å². The number of hydrogen-bond donors (Lipinski definition) is 1. The van der Waals surface area contributed by atoms with Crippen molar-refractivity contribution in [1.82, 2.24) is 25.1 Å². The van der Waals surface area contributed by atoms with Crippen molar-refractivity contribution in [2.24, 2.45) is 0 Å². The summed E-state index contributed by atoms with van der Waals surface area (Å²) in [7, 11) is 0. The summed E-state index contributed by atoms with van der Waals surface area (Å²) in [6, 6.07) is 12.7. The predicted octanol–water partition coefficient (Wildman–Crippen LogP) is 4.03. The summed E-state index contributed by atoms with van der Waals surface area (Å²) >= 11 is 0. The molecule has 2 unspecified atom stereocenters. The van der Waals surface area contributed by atoms with E-state index < -0.39 is 36.3 Å². The number of carbonyl (C=O) groups excluding carboxylic acids is 1. The highest BCUT2D eigenvalue weighted by Crippen LogP contribution is 2.39. The zero-order valence-corrected chi connectivity index (χ0v) is 17.3. The van der Waals surface area contributed by atoms with E-state index in [4.69, 9.17) is 4.42 Å². The molecule has 0 saturated carbocycles. The van der Waals surface area contributed by atoms with E-state index in [1.165, 1.54) is 35.4 Å².